The molecule has 2 rings (SSSR count). The average molecular weight is 329 g/mol. The molecule has 0 aromatic rings. The fraction of sp³-hybridized carbons (Fsp3) is 0.692. The first-order valence-electron chi connectivity index (χ1n) is 6.73. The quantitative estimate of drug-likeness (QED) is 0.244. The van der Waals surface area contributed by atoms with Gasteiger partial charge in [-0.3, -0.25) is 14.4 Å². The number of nitrogens with two attached hydrogens (primary N) is 1. The third-order valence-electron chi connectivity index (χ3n) is 3.58. The molecule has 8 nitrogen and oxygen atoms in total. The van der Waals surface area contributed by atoms with Crippen LogP contribution in [0.1, 0.15) is 27.7 Å². The van der Waals surface area contributed by atoms with E-state index in [0.717, 1.165) is 11.8 Å². The maximum absolute atomic E-state index is 12.2. The minimum atomic E-state index is -1.36. The molecule has 2 aliphatic heterocycles. The van der Waals surface area contributed by atoms with Crippen LogP contribution in [0.3, 0.4) is 0 Å². The van der Waals surface area contributed by atoms with Crippen molar-refractivity contribution in [1.29, 1.82) is 0 Å². The van der Waals surface area contributed by atoms with Crippen LogP contribution in [0.2, 0.25) is 0 Å². The summed E-state index contributed by atoms with van der Waals surface area (Å²) in [6.07, 6.45) is 0. The fourth-order valence-corrected chi connectivity index (χ4v) is 3.76. The van der Waals surface area contributed by atoms with E-state index in [1.54, 1.807) is 20.8 Å². The molecule has 22 heavy (non-hydrogen) atoms. The predicted molar refractivity (Wildman–Crippen MR) is 79.8 cm³/mol. The van der Waals surface area contributed by atoms with Gasteiger partial charge >= 0.3 is 11.9 Å². The number of carboxylic acid groups (broad SMARTS) is 1. The predicted octanol–water partition coefficient (Wildman–Crippen LogP) is 0.223. The van der Waals surface area contributed by atoms with Crippen LogP contribution in [0.4, 0.5) is 0 Å². The van der Waals surface area contributed by atoms with E-state index in [-0.39, 0.29) is 11.6 Å². The summed E-state index contributed by atoms with van der Waals surface area (Å²) >= 11 is 1.03. The molecule has 0 aliphatic carbocycles. The van der Waals surface area contributed by atoms with Crippen molar-refractivity contribution in [2.75, 3.05) is 6.54 Å². The number of fused-ring (bicyclic) bond motifs is 1. The van der Waals surface area contributed by atoms with Crippen LogP contribution in [0, 0.1) is 11.3 Å². The number of hydrogen-bond donors (Lipinski definition) is 2. The molecule has 2 heterocycles. The second-order valence-electron chi connectivity index (χ2n) is 6.56. The van der Waals surface area contributed by atoms with Crippen molar-refractivity contribution in [3.05, 3.63) is 0 Å². The van der Waals surface area contributed by atoms with E-state index in [0.29, 0.717) is 0 Å². The van der Waals surface area contributed by atoms with Crippen molar-refractivity contribution >= 4 is 34.7 Å². The number of hydrazone groups is 1. The number of carbonyl (C=O) groups excluding carboxylic acids is 2. The number of carboxylic acids is 1. The summed E-state index contributed by atoms with van der Waals surface area (Å²) in [6, 6.07) is 0. The molecule has 2 saturated heterocycles. The van der Waals surface area contributed by atoms with Crippen LogP contribution < -0.4 is 5.84 Å². The van der Waals surface area contributed by atoms with Crippen molar-refractivity contribution in [2.24, 2.45) is 22.3 Å². The topological polar surface area (TPSA) is 122 Å². The highest BCUT2D eigenvalue weighted by atomic mass is 32.2. The van der Waals surface area contributed by atoms with E-state index < -0.39 is 40.2 Å². The molecule has 1 amide bonds. The molecular weight excluding hydrogens is 310 g/mol. The number of ether oxygens (including phenoxy) is 1. The van der Waals surface area contributed by atoms with Gasteiger partial charge in [-0.25, -0.2) is 0 Å². The van der Waals surface area contributed by atoms with Crippen molar-refractivity contribution in [2.45, 2.75) is 38.7 Å². The SMILES string of the molecule is CC(C)(C)OC(=O)C1C(=O)N2CC(C)(C(=O)O)C(=NN)S[C@H]12. The van der Waals surface area contributed by atoms with Crippen LogP contribution in [-0.2, 0) is 19.1 Å². The van der Waals surface area contributed by atoms with Gasteiger partial charge < -0.3 is 20.6 Å². The van der Waals surface area contributed by atoms with Gasteiger partial charge in [0, 0.05) is 6.54 Å². The summed E-state index contributed by atoms with van der Waals surface area (Å²) in [4.78, 5) is 37.1. The van der Waals surface area contributed by atoms with Gasteiger partial charge in [-0.15, -0.1) is 0 Å². The van der Waals surface area contributed by atoms with Gasteiger partial charge in [-0.05, 0) is 27.7 Å². The maximum Gasteiger partial charge on any atom is 0.322 e. The first-order chi connectivity index (χ1) is 10.0. The number of carbonyl (C=O) groups is 3. The lowest BCUT2D eigenvalue weighted by atomic mass is 9.86. The highest BCUT2D eigenvalue weighted by Crippen LogP contribution is 2.47. The molecule has 9 heteroatoms. The molecule has 2 aliphatic rings. The number of hydrogen-bond acceptors (Lipinski definition) is 7. The molecule has 3 N–H and O–H groups in total. The molecule has 0 saturated carbocycles. The van der Waals surface area contributed by atoms with Crippen molar-refractivity contribution in [1.82, 2.24) is 4.90 Å². The highest BCUT2D eigenvalue weighted by molar-refractivity contribution is 8.14. The normalized spacial score (nSPS) is 33.2. The number of β-lactam (4-membered cyclic amide) rings is 1. The van der Waals surface area contributed by atoms with Gasteiger partial charge in [0.1, 0.15) is 21.4 Å². The number of aliphatic carboxylic acids is 1. The van der Waals surface area contributed by atoms with Crippen LogP contribution in [0.25, 0.3) is 0 Å². The minimum absolute atomic E-state index is 0.0613. The Hall–Kier alpha value is -1.77. The Morgan fingerprint density at radius 3 is 2.55 bits per heavy atom. The first-order valence-corrected chi connectivity index (χ1v) is 7.61. The zero-order valence-electron chi connectivity index (χ0n) is 12.8. The monoisotopic (exact) mass is 329 g/mol. The van der Waals surface area contributed by atoms with Crippen molar-refractivity contribution < 1.29 is 24.2 Å². The van der Waals surface area contributed by atoms with Gasteiger partial charge in [0.05, 0.1) is 0 Å². The third kappa shape index (κ3) is 2.53. The average Bonchev–Trinajstić information content (AvgIpc) is 2.37. The molecule has 0 aromatic carbocycles. The lowest BCUT2D eigenvalue weighted by molar-refractivity contribution is -0.176. The van der Waals surface area contributed by atoms with E-state index >= 15 is 0 Å². The summed E-state index contributed by atoms with van der Waals surface area (Å²) in [7, 11) is 0. The number of nitrogens with zero attached hydrogens (tertiary/aromatic N) is 2. The zero-order valence-corrected chi connectivity index (χ0v) is 13.6. The summed E-state index contributed by atoms with van der Waals surface area (Å²) in [5.41, 5.74) is -2.05. The summed E-state index contributed by atoms with van der Waals surface area (Å²) < 4.78 is 5.24. The number of thioether (sulfide) groups is 1. The Morgan fingerprint density at radius 2 is 2.09 bits per heavy atom. The molecule has 3 atom stereocenters. The molecule has 0 bridgehead atoms. The molecule has 0 aromatic heterocycles. The second kappa shape index (κ2) is 5.15. The Morgan fingerprint density at radius 1 is 1.50 bits per heavy atom. The zero-order chi connectivity index (χ0) is 16.9. The third-order valence-corrected chi connectivity index (χ3v) is 5.13. The Kier molecular flexibility index (Phi) is 3.88. The summed E-state index contributed by atoms with van der Waals surface area (Å²) in [5.74, 6) is 2.20. The highest BCUT2D eigenvalue weighted by Gasteiger charge is 2.61. The molecule has 2 fully saturated rings. The van der Waals surface area contributed by atoms with E-state index in [1.807, 2.05) is 0 Å². The van der Waals surface area contributed by atoms with E-state index in [9.17, 15) is 19.5 Å². The Labute approximate surface area is 132 Å². The smallest absolute Gasteiger partial charge is 0.322 e. The summed E-state index contributed by atoms with van der Waals surface area (Å²) in [5, 5.41) is 12.6. The van der Waals surface area contributed by atoms with Gasteiger partial charge in [0.2, 0.25) is 5.91 Å². The van der Waals surface area contributed by atoms with Crippen LogP contribution >= 0.6 is 11.8 Å². The maximum atomic E-state index is 12.2. The molecular formula is C13H19N3O5S. The van der Waals surface area contributed by atoms with Crippen LogP contribution in [-0.4, -0.2) is 50.4 Å². The second-order valence-corrected chi connectivity index (χ2v) is 7.66. The molecule has 2 unspecified atom stereocenters. The number of rotatable bonds is 2. The summed E-state index contributed by atoms with van der Waals surface area (Å²) in [6.45, 7) is 6.54. The van der Waals surface area contributed by atoms with Gasteiger partial charge in [-0.1, -0.05) is 11.8 Å². The lowest BCUT2D eigenvalue weighted by Gasteiger charge is -2.52. The standard InChI is InChI=1S/C13H19N3O5S/c1-12(2,3)21-9(18)6-7(17)16-5-13(4,11(19)20)10(15-14)22-8(6)16/h6,8H,5,14H2,1-4H3,(H,19,20)/t6?,8-,13?/m1/s1. The molecule has 0 radical (unpaired) electrons. The molecule has 0 spiro atoms. The Balaban J connectivity index is 2.21. The minimum Gasteiger partial charge on any atom is -0.480 e. The van der Waals surface area contributed by atoms with Crippen molar-refractivity contribution in [3.63, 3.8) is 0 Å². The largest absolute Gasteiger partial charge is 0.480 e. The van der Waals surface area contributed by atoms with Crippen LogP contribution in [0.15, 0.2) is 5.10 Å². The van der Waals surface area contributed by atoms with E-state index in [1.165, 1.54) is 11.8 Å². The fourth-order valence-electron chi connectivity index (χ4n) is 2.39. The van der Waals surface area contributed by atoms with Crippen molar-refractivity contribution in [3.8, 4) is 0 Å². The van der Waals surface area contributed by atoms with Crippen LogP contribution in [0.5, 0.6) is 0 Å². The van der Waals surface area contributed by atoms with Gasteiger partial charge in [0.25, 0.3) is 0 Å². The van der Waals surface area contributed by atoms with E-state index in [2.05, 4.69) is 5.10 Å². The number of amides is 1. The van der Waals surface area contributed by atoms with Gasteiger partial charge in [-0.2, -0.15) is 5.10 Å². The van der Waals surface area contributed by atoms with Gasteiger partial charge in [0.15, 0.2) is 5.92 Å². The van der Waals surface area contributed by atoms with E-state index in [4.69, 9.17) is 10.6 Å². The lowest BCUT2D eigenvalue weighted by Crippen LogP contribution is -2.69. The Bertz CT molecular complexity index is 571. The number of esters is 1. The first kappa shape index (κ1) is 16.6. The molecule has 122 valence electrons.